The molecule has 3 rings (SSSR count). The molecule has 1 aliphatic rings. The lowest BCUT2D eigenvalue weighted by atomic mass is 10.0. The molecule has 0 saturated heterocycles. The number of aliphatic hydroxyl groups is 1. The summed E-state index contributed by atoms with van der Waals surface area (Å²) in [5.41, 5.74) is 2.64. The van der Waals surface area contributed by atoms with Crippen molar-refractivity contribution in [2.24, 2.45) is 0 Å². The average molecular weight is 278 g/mol. The third-order valence-electron chi connectivity index (χ3n) is 3.78. The standard InChI is InChI=1S/C17H14N2O2/c18-10-12-6-2-4-8-14(12)17(21)19-16-13-7-3-1-5-11(13)9-15(16)20/h1-8,15-16,20H,9H2,(H,19,21)/t15-,16+/m1/s1. The van der Waals surface area contributed by atoms with Crippen LogP contribution in [-0.4, -0.2) is 17.1 Å². The molecule has 0 aromatic heterocycles. The Balaban J connectivity index is 1.87. The summed E-state index contributed by atoms with van der Waals surface area (Å²) in [7, 11) is 0. The lowest BCUT2D eigenvalue weighted by Gasteiger charge is -2.18. The highest BCUT2D eigenvalue weighted by molar-refractivity contribution is 5.96. The summed E-state index contributed by atoms with van der Waals surface area (Å²) in [4.78, 5) is 12.4. The van der Waals surface area contributed by atoms with Crippen LogP contribution in [0, 0.1) is 11.3 Å². The van der Waals surface area contributed by atoms with Crippen molar-refractivity contribution in [2.75, 3.05) is 0 Å². The smallest absolute Gasteiger partial charge is 0.253 e. The molecule has 1 amide bonds. The van der Waals surface area contributed by atoms with E-state index in [4.69, 9.17) is 5.26 Å². The molecule has 0 radical (unpaired) electrons. The number of fused-ring (bicyclic) bond motifs is 1. The molecule has 4 nitrogen and oxygen atoms in total. The maximum atomic E-state index is 12.4. The van der Waals surface area contributed by atoms with Crippen molar-refractivity contribution in [3.05, 3.63) is 70.8 Å². The zero-order chi connectivity index (χ0) is 14.8. The minimum atomic E-state index is -0.638. The van der Waals surface area contributed by atoms with Crippen LogP contribution >= 0.6 is 0 Å². The second-order valence-electron chi connectivity index (χ2n) is 5.08. The van der Waals surface area contributed by atoms with Crippen LogP contribution in [0.3, 0.4) is 0 Å². The summed E-state index contributed by atoms with van der Waals surface area (Å²) >= 11 is 0. The molecule has 0 heterocycles. The predicted molar refractivity (Wildman–Crippen MR) is 77.5 cm³/mol. The van der Waals surface area contributed by atoms with E-state index >= 15 is 0 Å². The number of hydrogen-bond donors (Lipinski definition) is 2. The summed E-state index contributed by atoms with van der Waals surface area (Å²) in [6.07, 6.45) is -0.110. The average Bonchev–Trinajstić information content (AvgIpc) is 2.83. The molecule has 2 atom stereocenters. The summed E-state index contributed by atoms with van der Waals surface area (Å²) in [6, 6.07) is 15.9. The minimum Gasteiger partial charge on any atom is -0.390 e. The van der Waals surface area contributed by atoms with Crippen LogP contribution in [0.25, 0.3) is 0 Å². The van der Waals surface area contributed by atoms with E-state index in [0.29, 0.717) is 17.5 Å². The minimum absolute atomic E-state index is 0.329. The van der Waals surface area contributed by atoms with Crippen LogP contribution < -0.4 is 5.32 Å². The SMILES string of the molecule is N#Cc1ccccc1C(=O)N[C@H]1c2ccccc2C[C@H]1O. The molecule has 0 fully saturated rings. The summed E-state index contributed by atoms with van der Waals surface area (Å²) in [5, 5.41) is 22.0. The van der Waals surface area contributed by atoms with Crippen molar-refractivity contribution in [1.82, 2.24) is 5.32 Å². The molecule has 2 aromatic carbocycles. The quantitative estimate of drug-likeness (QED) is 0.881. The van der Waals surface area contributed by atoms with E-state index in [9.17, 15) is 9.90 Å². The molecule has 0 spiro atoms. The lowest BCUT2D eigenvalue weighted by Crippen LogP contribution is -2.34. The van der Waals surface area contributed by atoms with Crippen molar-refractivity contribution in [1.29, 1.82) is 5.26 Å². The Morgan fingerprint density at radius 1 is 1.19 bits per heavy atom. The molecule has 2 aromatic rings. The first-order chi connectivity index (χ1) is 10.2. The van der Waals surface area contributed by atoms with Crippen molar-refractivity contribution in [3.8, 4) is 6.07 Å². The van der Waals surface area contributed by atoms with Gasteiger partial charge in [-0.1, -0.05) is 36.4 Å². The fourth-order valence-corrected chi connectivity index (χ4v) is 2.75. The van der Waals surface area contributed by atoms with Gasteiger partial charge in [0, 0.05) is 6.42 Å². The van der Waals surface area contributed by atoms with Crippen LogP contribution in [0.4, 0.5) is 0 Å². The van der Waals surface area contributed by atoms with Gasteiger partial charge in [0.1, 0.15) is 0 Å². The molecule has 0 saturated carbocycles. The van der Waals surface area contributed by atoms with E-state index in [0.717, 1.165) is 11.1 Å². The Bertz CT molecular complexity index is 734. The number of rotatable bonds is 2. The Morgan fingerprint density at radius 3 is 2.71 bits per heavy atom. The zero-order valence-corrected chi connectivity index (χ0v) is 11.3. The molecular formula is C17H14N2O2. The third-order valence-corrected chi connectivity index (χ3v) is 3.78. The van der Waals surface area contributed by atoms with E-state index in [-0.39, 0.29) is 5.91 Å². The highest BCUT2D eigenvalue weighted by Gasteiger charge is 2.32. The first kappa shape index (κ1) is 13.3. The Labute approximate surface area is 122 Å². The van der Waals surface area contributed by atoms with Gasteiger partial charge in [-0.3, -0.25) is 4.79 Å². The number of aliphatic hydroxyl groups excluding tert-OH is 1. The van der Waals surface area contributed by atoms with Gasteiger partial charge in [-0.05, 0) is 23.3 Å². The molecule has 0 unspecified atom stereocenters. The Hall–Kier alpha value is -2.64. The maximum Gasteiger partial charge on any atom is 0.253 e. The summed E-state index contributed by atoms with van der Waals surface area (Å²) in [5.74, 6) is -0.340. The monoisotopic (exact) mass is 278 g/mol. The molecular weight excluding hydrogens is 264 g/mol. The number of benzene rings is 2. The second kappa shape index (κ2) is 5.39. The van der Waals surface area contributed by atoms with Gasteiger partial charge >= 0.3 is 0 Å². The number of nitrogens with one attached hydrogen (secondary N) is 1. The molecule has 104 valence electrons. The van der Waals surface area contributed by atoms with E-state index in [2.05, 4.69) is 5.32 Å². The second-order valence-corrected chi connectivity index (χ2v) is 5.08. The fraction of sp³-hybridized carbons (Fsp3) is 0.176. The predicted octanol–water partition coefficient (Wildman–Crippen LogP) is 1.95. The van der Waals surface area contributed by atoms with Gasteiger partial charge < -0.3 is 10.4 Å². The number of carbonyl (C=O) groups is 1. The Kier molecular flexibility index (Phi) is 3.43. The van der Waals surface area contributed by atoms with Gasteiger partial charge in [0.15, 0.2) is 0 Å². The van der Waals surface area contributed by atoms with Crippen molar-refractivity contribution in [3.63, 3.8) is 0 Å². The van der Waals surface area contributed by atoms with Crippen LogP contribution in [0.5, 0.6) is 0 Å². The van der Waals surface area contributed by atoms with E-state index < -0.39 is 12.1 Å². The molecule has 0 aliphatic heterocycles. The van der Waals surface area contributed by atoms with Crippen LogP contribution in [0.2, 0.25) is 0 Å². The number of amides is 1. The molecule has 21 heavy (non-hydrogen) atoms. The van der Waals surface area contributed by atoms with E-state index in [1.54, 1.807) is 24.3 Å². The fourth-order valence-electron chi connectivity index (χ4n) is 2.75. The Morgan fingerprint density at radius 2 is 1.90 bits per heavy atom. The summed E-state index contributed by atoms with van der Waals surface area (Å²) in [6.45, 7) is 0. The van der Waals surface area contributed by atoms with Crippen molar-refractivity contribution in [2.45, 2.75) is 18.6 Å². The molecule has 1 aliphatic carbocycles. The largest absolute Gasteiger partial charge is 0.390 e. The molecule has 4 heteroatoms. The first-order valence-corrected chi connectivity index (χ1v) is 6.76. The number of nitrogens with zero attached hydrogens (tertiary/aromatic N) is 1. The normalized spacial score (nSPS) is 19.6. The molecule has 2 N–H and O–H groups in total. The van der Waals surface area contributed by atoms with Gasteiger partial charge in [0.2, 0.25) is 0 Å². The van der Waals surface area contributed by atoms with E-state index in [1.807, 2.05) is 30.3 Å². The summed E-state index contributed by atoms with van der Waals surface area (Å²) < 4.78 is 0. The number of carbonyl (C=O) groups excluding carboxylic acids is 1. The van der Waals surface area contributed by atoms with Crippen molar-refractivity contribution >= 4 is 5.91 Å². The van der Waals surface area contributed by atoms with Crippen LogP contribution in [0.1, 0.15) is 33.1 Å². The maximum absolute atomic E-state index is 12.4. The topological polar surface area (TPSA) is 73.1 Å². The molecule has 0 bridgehead atoms. The van der Waals surface area contributed by atoms with Gasteiger partial charge in [0.25, 0.3) is 5.91 Å². The first-order valence-electron chi connectivity index (χ1n) is 6.76. The number of nitriles is 1. The number of hydrogen-bond acceptors (Lipinski definition) is 3. The van der Waals surface area contributed by atoms with Crippen molar-refractivity contribution < 1.29 is 9.90 Å². The van der Waals surface area contributed by atoms with Gasteiger partial charge in [-0.2, -0.15) is 5.26 Å². The zero-order valence-electron chi connectivity index (χ0n) is 11.3. The van der Waals surface area contributed by atoms with Gasteiger partial charge in [0.05, 0.1) is 29.3 Å². The van der Waals surface area contributed by atoms with Gasteiger partial charge in [-0.25, -0.2) is 0 Å². The lowest BCUT2D eigenvalue weighted by molar-refractivity contribution is 0.0858. The van der Waals surface area contributed by atoms with Crippen LogP contribution in [0.15, 0.2) is 48.5 Å². The highest BCUT2D eigenvalue weighted by atomic mass is 16.3. The highest BCUT2D eigenvalue weighted by Crippen LogP contribution is 2.31. The van der Waals surface area contributed by atoms with Crippen LogP contribution in [-0.2, 0) is 6.42 Å². The van der Waals surface area contributed by atoms with Gasteiger partial charge in [-0.15, -0.1) is 0 Å². The van der Waals surface area contributed by atoms with E-state index in [1.165, 1.54) is 0 Å². The third kappa shape index (κ3) is 2.39.